The largest absolute Gasteiger partial charge is 0.385 e. The predicted molar refractivity (Wildman–Crippen MR) is 71.2 cm³/mol. The second kappa shape index (κ2) is 5.64. The lowest BCUT2D eigenvalue weighted by Crippen LogP contribution is -2.47. The second-order valence-corrected chi connectivity index (χ2v) is 4.52. The number of hydrogen-bond donors (Lipinski definition) is 3. The number of amides is 1. The third-order valence-corrected chi connectivity index (χ3v) is 2.52. The molecule has 4 N–H and O–H groups in total. The van der Waals surface area contributed by atoms with E-state index in [2.05, 4.69) is 10.3 Å². The molecule has 0 aromatic heterocycles. The van der Waals surface area contributed by atoms with Crippen LogP contribution in [-0.2, 0) is 4.79 Å². The molecule has 5 nitrogen and oxygen atoms in total. The van der Waals surface area contributed by atoms with E-state index in [0.717, 1.165) is 5.56 Å². The van der Waals surface area contributed by atoms with E-state index in [-0.39, 0.29) is 0 Å². The Labute approximate surface area is 107 Å². The molecule has 98 valence electrons. The van der Waals surface area contributed by atoms with Crippen LogP contribution < -0.4 is 11.1 Å². The van der Waals surface area contributed by atoms with Crippen LogP contribution in [0.2, 0.25) is 0 Å². The molecule has 0 saturated carbocycles. The zero-order valence-electron chi connectivity index (χ0n) is 10.8. The van der Waals surface area contributed by atoms with Gasteiger partial charge in [-0.05, 0) is 19.4 Å². The third-order valence-electron chi connectivity index (χ3n) is 2.52. The van der Waals surface area contributed by atoms with Crippen LogP contribution in [0.1, 0.15) is 25.5 Å². The molecule has 0 fully saturated rings. The van der Waals surface area contributed by atoms with Crippen LogP contribution in [-0.4, -0.2) is 29.5 Å². The lowest BCUT2D eigenvalue weighted by atomic mass is 10.0. The number of nitrogens with zero attached hydrogens (tertiary/aromatic N) is 1. The molecule has 1 aromatic carbocycles. The van der Waals surface area contributed by atoms with E-state index in [4.69, 9.17) is 5.73 Å². The zero-order valence-corrected chi connectivity index (χ0v) is 10.8. The number of nitrogens with two attached hydrogens (primary N) is 1. The number of carbonyl (C=O) groups is 1. The Bertz CT molecular complexity index is 435. The first-order chi connectivity index (χ1) is 8.36. The molecule has 0 aliphatic rings. The molecule has 1 rings (SSSR count). The number of aliphatic hydroxyl groups is 1. The molecular formula is C13H19N3O2. The molecule has 0 radical (unpaired) electrons. The van der Waals surface area contributed by atoms with Crippen LogP contribution in [0.3, 0.4) is 0 Å². The van der Waals surface area contributed by atoms with Crippen LogP contribution >= 0.6 is 0 Å². The summed E-state index contributed by atoms with van der Waals surface area (Å²) in [5, 5.41) is 12.3. The molecule has 0 bridgehead atoms. The number of carbonyl (C=O) groups excluding carboxylic acids is 1. The van der Waals surface area contributed by atoms with Crippen LogP contribution in [0.5, 0.6) is 0 Å². The summed E-state index contributed by atoms with van der Waals surface area (Å²) in [6.45, 7) is 2.84. The highest BCUT2D eigenvalue weighted by Crippen LogP contribution is 2.14. The number of amidine groups is 1. The number of benzene rings is 1. The topological polar surface area (TPSA) is 87.7 Å². The van der Waals surface area contributed by atoms with Crippen LogP contribution in [0.25, 0.3) is 0 Å². The van der Waals surface area contributed by atoms with Crippen molar-refractivity contribution < 1.29 is 9.90 Å². The Morgan fingerprint density at radius 1 is 1.39 bits per heavy atom. The van der Waals surface area contributed by atoms with E-state index >= 15 is 0 Å². The molecule has 1 aromatic rings. The van der Waals surface area contributed by atoms with Gasteiger partial charge in [0.25, 0.3) is 5.91 Å². The molecule has 18 heavy (non-hydrogen) atoms. The Balaban J connectivity index is 2.99. The Morgan fingerprint density at radius 2 is 1.94 bits per heavy atom. The van der Waals surface area contributed by atoms with E-state index in [1.807, 2.05) is 30.3 Å². The molecule has 0 aliphatic carbocycles. The minimum atomic E-state index is -1.46. The van der Waals surface area contributed by atoms with E-state index in [1.165, 1.54) is 13.8 Å². The number of rotatable bonds is 4. The van der Waals surface area contributed by atoms with Gasteiger partial charge in [0.15, 0.2) is 0 Å². The van der Waals surface area contributed by atoms with Gasteiger partial charge in [-0.25, -0.2) is 0 Å². The Kier molecular flexibility index (Phi) is 4.44. The van der Waals surface area contributed by atoms with Crippen molar-refractivity contribution >= 4 is 11.7 Å². The van der Waals surface area contributed by atoms with Crippen molar-refractivity contribution in [3.05, 3.63) is 35.9 Å². The highest BCUT2D eigenvalue weighted by atomic mass is 16.3. The first kappa shape index (κ1) is 14.2. The van der Waals surface area contributed by atoms with Crippen molar-refractivity contribution in [2.24, 2.45) is 10.7 Å². The lowest BCUT2D eigenvalue weighted by Gasteiger charge is -2.23. The van der Waals surface area contributed by atoms with E-state index in [9.17, 15) is 9.90 Å². The van der Waals surface area contributed by atoms with Gasteiger partial charge < -0.3 is 16.2 Å². The van der Waals surface area contributed by atoms with Gasteiger partial charge in [0, 0.05) is 7.05 Å². The maximum absolute atomic E-state index is 11.8. The molecule has 0 heterocycles. The summed E-state index contributed by atoms with van der Waals surface area (Å²) in [5.74, 6) is -0.207. The smallest absolute Gasteiger partial charge is 0.252 e. The molecule has 0 saturated heterocycles. The van der Waals surface area contributed by atoms with Crippen LogP contribution in [0.4, 0.5) is 0 Å². The molecule has 1 atom stereocenters. The number of hydrogen-bond acceptors (Lipinski definition) is 3. The Hall–Kier alpha value is -1.88. The van der Waals surface area contributed by atoms with Crippen molar-refractivity contribution in [1.29, 1.82) is 0 Å². The van der Waals surface area contributed by atoms with Crippen LogP contribution in [0.15, 0.2) is 35.3 Å². The monoisotopic (exact) mass is 249 g/mol. The fourth-order valence-corrected chi connectivity index (χ4v) is 1.41. The standard InChI is InChI=1S/C13H19N3O2/c1-13(2,18)12(17)16-10(11(14)15-3)9-7-5-4-6-8-9/h4-8,10,18H,1-3H3,(H2,14,15)(H,16,17). The maximum atomic E-state index is 11.8. The van der Waals surface area contributed by atoms with Gasteiger partial charge in [0.2, 0.25) is 0 Å². The van der Waals surface area contributed by atoms with Gasteiger partial charge in [-0.1, -0.05) is 30.3 Å². The second-order valence-electron chi connectivity index (χ2n) is 4.52. The van der Waals surface area contributed by atoms with Gasteiger partial charge in [-0.2, -0.15) is 0 Å². The minimum Gasteiger partial charge on any atom is -0.385 e. The molecule has 0 spiro atoms. The summed E-state index contributed by atoms with van der Waals surface area (Å²) >= 11 is 0. The van der Waals surface area contributed by atoms with Crippen molar-refractivity contribution in [3.8, 4) is 0 Å². The van der Waals surface area contributed by atoms with Gasteiger partial charge in [0.1, 0.15) is 17.5 Å². The normalized spacial score (nSPS) is 14.1. The third kappa shape index (κ3) is 3.56. The molecule has 1 unspecified atom stereocenters. The molecule has 0 aliphatic heterocycles. The molecule has 1 amide bonds. The zero-order chi connectivity index (χ0) is 13.8. The van der Waals surface area contributed by atoms with Crippen molar-refractivity contribution in [2.45, 2.75) is 25.5 Å². The van der Waals surface area contributed by atoms with Crippen molar-refractivity contribution in [2.75, 3.05) is 7.05 Å². The fraction of sp³-hybridized carbons (Fsp3) is 0.385. The van der Waals surface area contributed by atoms with Crippen LogP contribution in [0, 0.1) is 0 Å². The summed E-state index contributed by atoms with van der Waals surface area (Å²) in [6, 6.07) is 8.72. The molecule has 5 heteroatoms. The Morgan fingerprint density at radius 3 is 2.39 bits per heavy atom. The van der Waals surface area contributed by atoms with Gasteiger partial charge in [-0.3, -0.25) is 9.79 Å². The van der Waals surface area contributed by atoms with Gasteiger partial charge in [0.05, 0.1) is 0 Å². The van der Waals surface area contributed by atoms with E-state index in [0.29, 0.717) is 5.84 Å². The predicted octanol–water partition coefficient (Wildman–Crippen LogP) is 0.602. The van der Waals surface area contributed by atoms with Gasteiger partial charge >= 0.3 is 0 Å². The minimum absolute atomic E-state index is 0.291. The SMILES string of the molecule is CN=C(N)C(NC(=O)C(C)(C)O)c1ccccc1. The molecular weight excluding hydrogens is 230 g/mol. The fourth-order valence-electron chi connectivity index (χ4n) is 1.41. The average molecular weight is 249 g/mol. The highest BCUT2D eigenvalue weighted by molar-refractivity contribution is 5.93. The summed E-state index contributed by atoms with van der Waals surface area (Å²) in [6.07, 6.45) is 0. The van der Waals surface area contributed by atoms with Gasteiger partial charge in [-0.15, -0.1) is 0 Å². The van der Waals surface area contributed by atoms with E-state index < -0.39 is 17.6 Å². The quantitative estimate of drug-likeness (QED) is 0.539. The first-order valence-electron chi connectivity index (χ1n) is 5.66. The summed E-state index contributed by atoms with van der Waals surface area (Å²) in [7, 11) is 1.56. The number of aliphatic imine (C=N–C) groups is 1. The van der Waals surface area contributed by atoms with E-state index in [1.54, 1.807) is 7.05 Å². The maximum Gasteiger partial charge on any atom is 0.252 e. The summed E-state index contributed by atoms with van der Waals surface area (Å²) < 4.78 is 0. The lowest BCUT2D eigenvalue weighted by molar-refractivity contribution is -0.136. The number of nitrogens with one attached hydrogen (secondary N) is 1. The summed E-state index contributed by atoms with van der Waals surface area (Å²) in [5.41, 5.74) is 5.15. The average Bonchev–Trinajstić information content (AvgIpc) is 2.34. The van der Waals surface area contributed by atoms with Crippen molar-refractivity contribution in [1.82, 2.24) is 5.32 Å². The first-order valence-corrected chi connectivity index (χ1v) is 5.66. The summed E-state index contributed by atoms with van der Waals surface area (Å²) in [4.78, 5) is 15.7. The van der Waals surface area contributed by atoms with Crippen molar-refractivity contribution in [3.63, 3.8) is 0 Å². The highest BCUT2D eigenvalue weighted by Gasteiger charge is 2.28.